The first kappa shape index (κ1) is 20.0. The van der Waals surface area contributed by atoms with E-state index in [4.69, 9.17) is 34.8 Å². The lowest BCUT2D eigenvalue weighted by Crippen LogP contribution is -2.39. The molecule has 0 spiro atoms. The standard InChI is InChI=1S/C17H14Cl3N3O3/c1-9-6-10(18)2-5-14(9)23-15(24)8-21-16(25)17(26)22-11-3-4-12(19)13(20)7-11/h2-7H,8H2,1H3,(H,21,25)(H,22,26)(H,23,24). The molecule has 2 aromatic carbocycles. The number of carbonyl (C=O) groups is 3. The Morgan fingerprint density at radius 3 is 2.27 bits per heavy atom. The van der Waals surface area contributed by atoms with Gasteiger partial charge in [0.1, 0.15) is 0 Å². The number of anilines is 2. The van der Waals surface area contributed by atoms with Crippen LogP contribution in [0.1, 0.15) is 5.56 Å². The lowest BCUT2D eigenvalue weighted by atomic mass is 10.2. The molecule has 0 aromatic heterocycles. The maximum Gasteiger partial charge on any atom is 0.313 e. The van der Waals surface area contributed by atoms with Gasteiger partial charge in [-0.25, -0.2) is 0 Å². The van der Waals surface area contributed by atoms with Crippen LogP contribution in [0.3, 0.4) is 0 Å². The Labute approximate surface area is 164 Å². The fourth-order valence-electron chi connectivity index (χ4n) is 1.96. The summed E-state index contributed by atoms with van der Waals surface area (Å²) in [6.07, 6.45) is 0. The molecule has 0 heterocycles. The van der Waals surface area contributed by atoms with Crippen LogP contribution in [0.15, 0.2) is 36.4 Å². The van der Waals surface area contributed by atoms with E-state index in [0.717, 1.165) is 5.56 Å². The fourth-order valence-corrected chi connectivity index (χ4v) is 2.49. The predicted octanol–water partition coefficient (Wildman–Crippen LogP) is 3.65. The van der Waals surface area contributed by atoms with Gasteiger partial charge in [-0.3, -0.25) is 14.4 Å². The predicted molar refractivity (Wildman–Crippen MR) is 103 cm³/mol. The Morgan fingerprint density at radius 1 is 0.885 bits per heavy atom. The van der Waals surface area contributed by atoms with Crippen molar-refractivity contribution in [3.8, 4) is 0 Å². The molecule has 26 heavy (non-hydrogen) atoms. The SMILES string of the molecule is Cc1cc(Cl)ccc1NC(=O)CNC(=O)C(=O)Nc1ccc(Cl)c(Cl)c1. The van der Waals surface area contributed by atoms with Gasteiger partial charge in [0.25, 0.3) is 0 Å². The number of hydrogen-bond acceptors (Lipinski definition) is 3. The van der Waals surface area contributed by atoms with Gasteiger partial charge in [-0.1, -0.05) is 34.8 Å². The zero-order valence-electron chi connectivity index (χ0n) is 13.5. The average Bonchev–Trinajstić information content (AvgIpc) is 2.58. The van der Waals surface area contributed by atoms with Crippen LogP contribution in [0.25, 0.3) is 0 Å². The van der Waals surface area contributed by atoms with Gasteiger partial charge in [0, 0.05) is 16.4 Å². The first-order valence-corrected chi connectivity index (χ1v) is 8.50. The topological polar surface area (TPSA) is 87.3 Å². The van der Waals surface area contributed by atoms with Crippen molar-refractivity contribution in [2.24, 2.45) is 0 Å². The average molecular weight is 415 g/mol. The second-order valence-electron chi connectivity index (χ2n) is 5.27. The summed E-state index contributed by atoms with van der Waals surface area (Å²) < 4.78 is 0. The fraction of sp³-hybridized carbons (Fsp3) is 0.118. The molecule has 6 nitrogen and oxygen atoms in total. The molecule has 3 amide bonds. The molecule has 0 aliphatic carbocycles. The number of hydrogen-bond donors (Lipinski definition) is 3. The minimum absolute atomic E-state index is 0.239. The number of carbonyl (C=O) groups excluding carboxylic acids is 3. The summed E-state index contributed by atoms with van der Waals surface area (Å²) in [5.41, 5.74) is 1.64. The summed E-state index contributed by atoms with van der Waals surface area (Å²) in [4.78, 5) is 35.5. The Hall–Kier alpha value is -2.28. The quantitative estimate of drug-likeness (QED) is 0.667. The molecule has 0 fully saturated rings. The Balaban J connectivity index is 1.85. The number of benzene rings is 2. The van der Waals surface area contributed by atoms with E-state index in [9.17, 15) is 14.4 Å². The second kappa shape index (κ2) is 8.89. The van der Waals surface area contributed by atoms with Gasteiger partial charge in [-0.05, 0) is 48.9 Å². The third-order valence-corrected chi connectivity index (χ3v) is 4.23. The molecular weight excluding hydrogens is 401 g/mol. The highest BCUT2D eigenvalue weighted by Crippen LogP contribution is 2.25. The Morgan fingerprint density at radius 2 is 1.62 bits per heavy atom. The summed E-state index contributed by atoms with van der Waals surface area (Å²) in [7, 11) is 0. The van der Waals surface area contributed by atoms with E-state index in [2.05, 4.69) is 16.0 Å². The highest BCUT2D eigenvalue weighted by Gasteiger charge is 2.15. The first-order valence-electron chi connectivity index (χ1n) is 7.36. The van der Waals surface area contributed by atoms with Gasteiger partial charge >= 0.3 is 11.8 Å². The van der Waals surface area contributed by atoms with Crippen LogP contribution in [0.5, 0.6) is 0 Å². The highest BCUT2D eigenvalue weighted by molar-refractivity contribution is 6.43. The van der Waals surface area contributed by atoms with E-state index < -0.39 is 17.7 Å². The Bertz CT molecular complexity index is 872. The summed E-state index contributed by atoms with van der Waals surface area (Å²) >= 11 is 17.5. The van der Waals surface area contributed by atoms with Crippen molar-refractivity contribution in [2.75, 3.05) is 17.2 Å². The molecule has 0 saturated heterocycles. The van der Waals surface area contributed by atoms with Gasteiger partial charge in [0.05, 0.1) is 16.6 Å². The molecule has 0 atom stereocenters. The molecular formula is C17H14Cl3N3O3. The monoisotopic (exact) mass is 413 g/mol. The van der Waals surface area contributed by atoms with Crippen LogP contribution in [-0.4, -0.2) is 24.3 Å². The van der Waals surface area contributed by atoms with Crippen LogP contribution in [-0.2, 0) is 14.4 Å². The smallest absolute Gasteiger partial charge is 0.313 e. The summed E-state index contributed by atoms with van der Waals surface area (Å²) in [6.45, 7) is 1.42. The third-order valence-electron chi connectivity index (χ3n) is 3.26. The van der Waals surface area contributed by atoms with Gasteiger partial charge in [0.2, 0.25) is 5.91 Å². The maximum atomic E-state index is 11.9. The highest BCUT2D eigenvalue weighted by atomic mass is 35.5. The molecule has 0 saturated carbocycles. The molecule has 9 heteroatoms. The second-order valence-corrected chi connectivity index (χ2v) is 6.52. The molecule has 0 aliphatic heterocycles. The number of nitrogens with one attached hydrogen (secondary N) is 3. The van der Waals surface area contributed by atoms with Gasteiger partial charge in [-0.2, -0.15) is 0 Å². The van der Waals surface area contributed by atoms with Crippen molar-refractivity contribution in [1.82, 2.24) is 5.32 Å². The zero-order valence-corrected chi connectivity index (χ0v) is 15.8. The molecule has 2 aromatic rings. The molecule has 0 unspecified atom stereocenters. The van der Waals surface area contributed by atoms with Crippen LogP contribution >= 0.6 is 34.8 Å². The number of halogens is 3. The molecule has 0 bridgehead atoms. The first-order chi connectivity index (χ1) is 12.3. The molecule has 3 N–H and O–H groups in total. The lowest BCUT2D eigenvalue weighted by molar-refractivity contribution is -0.136. The molecule has 2 rings (SSSR count). The van der Waals surface area contributed by atoms with Crippen molar-refractivity contribution in [3.63, 3.8) is 0 Å². The normalized spacial score (nSPS) is 10.2. The van der Waals surface area contributed by atoms with Gasteiger partial charge in [0.15, 0.2) is 0 Å². The van der Waals surface area contributed by atoms with Crippen molar-refractivity contribution in [2.45, 2.75) is 6.92 Å². The zero-order chi connectivity index (χ0) is 19.3. The van der Waals surface area contributed by atoms with E-state index >= 15 is 0 Å². The van der Waals surface area contributed by atoms with E-state index in [1.165, 1.54) is 18.2 Å². The van der Waals surface area contributed by atoms with Gasteiger partial charge in [-0.15, -0.1) is 0 Å². The van der Waals surface area contributed by atoms with E-state index in [1.54, 1.807) is 25.1 Å². The van der Waals surface area contributed by atoms with Crippen LogP contribution < -0.4 is 16.0 Å². The van der Waals surface area contributed by atoms with Crippen molar-refractivity contribution in [3.05, 3.63) is 57.0 Å². The van der Waals surface area contributed by atoms with Crippen molar-refractivity contribution in [1.29, 1.82) is 0 Å². The number of rotatable bonds is 4. The molecule has 0 radical (unpaired) electrons. The third kappa shape index (κ3) is 5.62. The van der Waals surface area contributed by atoms with Gasteiger partial charge < -0.3 is 16.0 Å². The summed E-state index contributed by atoms with van der Waals surface area (Å²) in [5.74, 6) is -2.37. The Kier molecular flexibility index (Phi) is 6.85. The van der Waals surface area contributed by atoms with Crippen LogP contribution in [0.2, 0.25) is 15.1 Å². The maximum absolute atomic E-state index is 11.9. The lowest BCUT2D eigenvalue weighted by Gasteiger charge is -2.10. The summed E-state index contributed by atoms with van der Waals surface area (Å²) in [5, 5.41) is 8.32. The molecule has 0 aliphatic rings. The van der Waals surface area contributed by atoms with E-state index in [0.29, 0.717) is 21.4 Å². The van der Waals surface area contributed by atoms with E-state index in [-0.39, 0.29) is 11.6 Å². The summed E-state index contributed by atoms with van der Waals surface area (Å²) in [6, 6.07) is 9.36. The largest absolute Gasteiger partial charge is 0.339 e. The minimum atomic E-state index is -0.959. The van der Waals surface area contributed by atoms with E-state index in [1.807, 2.05) is 0 Å². The van der Waals surface area contributed by atoms with Crippen LogP contribution in [0.4, 0.5) is 11.4 Å². The number of amides is 3. The number of aryl methyl sites for hydroxylation is 1. The minimum Gasteiger partial charge on any atom is -0.339 e. The van der Waals surface area contributed by atoms with Crippen molar-refractivity contribution >= 4 is 63.9 Å². The van der Waals surface area contributed by atoms with Crippen LogP contribution in [0, 0.1) is 6.92 Å². The molecule has 136 valence electrons. The van der Waals surface area contributed by atoms with Crippen molar-refractivity contribution < 1.29 is 14.4 Å².